The van der Waals surface area contributed by atoms with E-state index in [1.807, 2.05) is 6.92 Å². The summed E-state index contributed by atoms with van der Waals surface area (Å²) in [5.74, 6) is 0.622. The van der Waals surface area contributed by atoms with Crippen LogP contribution in [0, 0.1) is 0 Å². The zero-order chi connectivity index (χ0) is 8.04. The lowest BCUT2D eigenvalue weighted by molar-refractivity contribution is 0.594. The monoisotopic (exact) mass is 184 g/mol. The first-order valence-corrected chi connectivity index (χ1v) is 5.74. The standard InChI is InChI=1S/C6H13ClO2S/c1-2-3-5-10(8,9)6-4-7/h2-6H2,1H3. The molecule has 0 spiro atoms. The zero-order valence-electron chi connectivity index (χ0n) is 6.14. The number of sulfone groups is 1. The molecule has 4 heteroatoms. The Bertz CT molecular complexity index is 163. The van der Waals surface area contributed by atoms with Gasteiger partial charge in [0.25, 0.3) is 0 Å². The molecule has 0 aliphatic heterocycles. The van der Waals surface area contributed by atoms with Crippen molar-refractivity contribution in [2.45, 2.75) is 19.8 Å². The molecule has 0 radical (unpaired) electrons. The number of hydrogen-bond acceptors (Lipinski definition) is 2. The van der Waals surface area contributed by atoms with Crippen molar-refractivity contribution in [2.75, 3.05) is 17.4 Å². The van der Waals surface area contributed by atoms with Crippen LogP contribution < -0.4 is 0 Å². The van der Waals surface area contributed by atoms with Crippen molar-refractivity contribution in [1.82, 2.24) is 0 Å². The number of alkyl halides is 1. The second-order valence-corrected chi connectivity index (χ2v) is 4.88. The van der Waals surface area contributed by atoms with Gasteiger partial charge in [0, 0.05) is 5.88 Å². The van der Waals surface area contributed by atoms with E-state index in [4.69, 9.17) is 11.6 Å². The lowest BCUT2D eigenvalue weighted by atomic mass is 10.4. The Morgan fingerprint density at radius 3 is 2.30 bits per heavy atom. The fourth-order valence-corrected chi connectivity index (χ4v) is 2.46. The molecule has 0 rings (SSSR count). The van der Waals surface area contributed by atoms with Gasteiger partial charge in [-0.3, -0.25) is 0 Å². The molecule has 0 aromatic rings. The van der Waals surface area contributed by atoms with Crippen molar-refractivity contribution in [3.05, 3.63) is 0 Å². The number of rotatable bonds is 5. The zero-order valence-corrected chi connectivity index (χ0v) is 7.71. The van der Waals surface area contributed by atoms with Crippen LogP contribution in [-0.2, 0) is 9.84 Å². The van der Waals surface area contributed by atoms with Crippen molar-refractivity contribution in [3.63, 3.8) is 0 Å². The lowest BCUT2D eigenvalue weighted by Crippen LogP contribution is -2.11. The topological polar surface area (TPSA) is 34.1 Å². The fraction of sp³-hybridized carbons (Fsp3) is 1.00. The van der Waals surface area contributed by atoms with Crippen LogP contribution >= 0.6 is 11.6 Å². The normalized spacial score (nSPS) is 11.8. The van der Waals surface area contributed by atoms with Gasteiger partial charge < -0.3 is 0 Å². The van der Waals surface area contributed by atoms with E-state index >= 15 is 0 Å². The molecule has 0 aromatic heterocycles. The first-order chi connectivity index (χ1) is 4.62. The Morgan fingerprint density at radius 2 is 1.90 bits per heavy atom. The highest BCUT2D eigenvalue weighted by Gasteiger charge is 2.07. The second kappa shape index (κ2) is 4.97. The largest absolute Gasteiger partial charge is 0.229 e. The third kappa shape index (κ3) is 5.06. The van der Waals surface area contributed by atoms with Gasteiger partial charge in [-0.05, 0) is 6.42 Å². The van der Waals surface area contributed by atoms with Gasteiger partial charge in [-0.25, -0.2) is 8.42 Å². The molecule has 0 atom stereocenters. The molecule has 0 saturated carbocycles. The lowest BCUT2D eigenvalue weighted by Gasteiger charge is -1.98. The van der Waals surface area contributed by atoms with Crippen molar-refractivity contribution < 1.29 is 8.42 Å². The van der Waals surface area contributed by atoms with E-state index < -0.39 is 9.84 Å². The molecule has 0 heterocycles. The van der Waals surface area contributed by atoms with E-state index in [-0.39, 0.29) is 17.4 Å². The highest BCUT2D eigenvalue weighted by atomic mass is 35.5. The van der Waals surface area contributed by atoms with E-state index in [1.165, 1.54) is 0 Å². The van der Waals surface area contributed by atoms with Crippen LogP contribution in [0.5, 0.6) is 0 Å². The summed E-state index contributed by atoms with van der Waals surface area (Å²) in [7, 11) is -2.83. The number of halogens is 1. The van der Waals surface area contributed by atoms with E-state index in [2.05, 4.69) is 0 Å². The molecule has 0 bridgehead atoms. The third-order valence-electron chi connectivity index (χ3n) is 1.20. The van der Waals surface area contributed by atoms with Gasteiger partial charge in [-0.1, -0.05) is 13.3 Å². The summed E-state index contributed by atoms with van der Waals surface area (Å²) in [6.45, 7) is 1.97. The predicted octanol–water partition coefficient (Wildman–Crippen LogP) is 1.44. The van der Waals surface area contributed by atoms with Crippen LogP contribution in [0.25, 0.3) is 0 Å². The smallest absolute Gasteiger partial charge is 0.151 e. The van der Waals surface area contributed by atoms with E-state index in [1.54, 1.807) is 0 Å². The van der Waals surface area contributed by atoms with Gasteiger partial charge in [-0.15, -0.1) is 11.6 Å². The average Bonchev–Trinajstić information content (AvgIpc) is 1.84. The maximum atomic E-state index is 10.9. The third-order valence-corrected chi connectivity index (χ3v) is 3.35. The summed E-state index contributed by atoms with van der Waals surface area (Å²) in [6, 6.07) is 0. The van der Waals surface area contributed by atoms with Gasteiger partial charge in [0.05, 0.1) is 11.5 Å². The summed E-state index contributed by atoms with van der Waals surface area (Å²) >= 11 is 5.29. The molecular weight excluding hydrogens is 172 g/mol. The van der Waals surface area contributed by atoms with Crippen LogP contribution in [0.15, 0.2) is 0 Å². The van der Waals surface area contributed by atoms with Crippen LogP contribution in [-0.4, -0.2) is 25.8 Å². The van der Waals surface area contributed by atoms with Crippen molar-refractivity contribution in [3.8, 4) is 0 Å². The predicted molar refractivity (Wildman–Crippen MR) is 44.3 cm³/mol. The highest BCUT2D eigenvalue weighted by molar-refractivity contribution is 7.91. The second-order valence-electron chi connectivity index (χ2n) is 2.19. The maximum absolute atomic E-state index is 10.9. The maximum Gasteiger partial charge on any atom is 0.151 e. The molecule has 0 fully saturated rings. The first kappa shape index (κ1) is 10.2. The average molecular weight is 185 g/mol. The molecule has 0 amide bonds. The molecule has 0 unspecified atom stereocenters. The summed E-state index contributed by atoms with van der Waals surface area (Å²) in [5.41, 5.74) is 0. The highest BCUT2D eigenvalue weighted by Crippen LogP contribution is 1.97. The van der Waals surface area contributed by atoms with Crippen molar-refractivity contribution in [1.29, 1.82) is 0 Å². The fourth-order valence-electron chi connectivity index (χ4n) is 0.584. The minimum Gasteiger partial charge on any atom is -0.229 e. The molecular formula is C6H13ClO2S. The van der Waals surface area contributed by atoms with Gasteiger partial charge in [0.2, 0.25) is 0 Å². The van der Waals surface area contributed by atoms with Gasteiger partial charge in [-0.2, -0.15) is 0 Å². The summed E-state index contributed by atoms with van der Waals surface area (Å²) in [6.07, 6.45) is 1.67. The Hall–Kier alpha value is 0.240. The Morgan fingerprint density at radius 1 is 1.30 bits per heavy atom. The van der Waals surface area contributed by atoms with Gasteiger partial charge in [0.1, 0.15) is 0 Å². The molecule has 0 saturated heterocycles. The van der Waals surface area contributed by atoms with Gasteiger partial charge in [0.15, 0.2) is 9.84 Å². The van der Waals surface area contributed by atoms with Gasteiger partial charge >= 0.3 is 0 Å². The quantitative estimate of drug-likeness (QED) is 0.606. The molecule has 0 N–H and O–H groups in total. The van der Waals surface area contributed by atoms with Crippen LogP contribution in [0.4, 0.5) is 0 Å². The van der Waals surface area contributed by atoms with Crippen LogP contribution in [0.1, 0.15) is 19.8 Å². The van der Waals surface area contributed by atoms with E-state index in [0.29, 0.717) is 0 Å². The molecule has 0 aromatic carbocycles. The number of unbranched alkanes of at least 4 members (excludes halogenated alkanes) is 1. The van der Waals surface area contributed by atoms with E-state index in [0.717, 1.165) is 12.8 Å². The Kier molecular flexibility index (Phi) is 5.09. The SMILES string of the molecule is CCCCS(=O)(=O)CCCl. The number of hydrogen-bond donors (Lipinski definition) is 0. The Balaban J connectivity index is 3.65. The molecule has 2 nitrogen and oxygen atoms in total. The summed E-state index contributed by atoms with van der Waals surface area (Å²) < 4.78 is 21.8. The van der Waals surface area contributed by atoms with Crippen LogP contribution in [0.2, 0.25) is 0 Å². The molecule has 10 heavy (non-hydrogen) atoms. The summed E-state index contributed by atoms with van der Waals surface area (Å²) in [5, 5.41) is 0. The molecule has 62 valence electrons. The first-order valence-electron chi connectivity index (χ1n) is 3.39. The summed E-state index contributed by atoms with van der Waals surface area (Å²) in [4.78, 5) is 0. The van der Waals surface area contributed by atoms with Crippen molar-refractivity contribution >= 4 is 21.4 Å². The minimum atomic E-state index is -2.83. The molecule has 0 aliphatic rings. The van der Waals surface area contributed by atoms with Crippen LogP contribution in [0.3, 0.4) is 0 Å². The minimum absolute atomic E-state index is 0.120. The molecule has 0 aliphatic carbocycles. The van der Waals surface area contributed by atoms with Crippen molar-refractivity contribution in [2.24, 2.45) is 0 Å². The van der Waals surface area contributed by atoms with E-state index in [9.17, 15) is 8.42 Å². The Labute approximate surface area is 67.5 Å².